The molecule has 2 aliphatic carbocycles. The number of fused-ring (bicyclic) bond motifs is 10. The number of aromatic nitrogens is 3. The van der Waals surface area contributed by atoms with E-state index >= 15 is 0 Å². The molecule has 8 aromatic rings. The van der Waals surface area contributed by atoms with Gasteiger partial charge in [0, 0.05) is 26.8 Å². The summed E-state index contributed by atoms with van der Waals surface area (Å²) in [6, 6.07) is 35.3. The maximum atomic E-state index is 5.52. The third-order valence-electron chi connectivity index (χ3n) is 9.89. The molecule has 0 amide bonds. The molecular formula is C41H29N3S. The van der Waals surface area contributed by atoms with E-state index in [4.69, 9.17) is 9.97 Å². The third-order valence-corrected chi connectivity index (χ3v) is 11.0. The van der Waals surface area contributed by atoms with Crippen LogP contribution >= 0.6 is 11.3 Å². The van der Waals surface area contributed by atoms with Gasteiger partial charge in [-0.3, -0.25) is 4.57 Å². The molecule has 0 fully saturated rings. The SMILES string of the molecule is CC1CC=Cc2ccc3c(c21)=CCC(c1nc(-n2c4ccccc4c4cc5ccccc5cc42)c2sc4ccccc4c2n1)C=3. The first-order chi connectivity index (χ1) is 22.2. The van der Waals surface area contributed by atoms with Crippen molar-refractivity contribution >= 4 is 82.4 Å². The fourth-order valence-corrected chi connectivity index (χ4v) is 8.88. The summed E-state index contributed by atoms with van der Waals surface area (Å²) in [4.78, 5) is 10.9. The quantitative estimate of drug-likeness (QED) is 0.199. The van der Waals surface area contributed by atoms with Crippen LogP contribution in [0, 0.1) is 0 Å². The van der Waals surface area contributed by atoms with Crippen LogP contribution < -0.4 is 10.4 Å². The van der Waals surface area contributed by atoms with Crippen LogP contribution in [0.15, 0.2) is 103 Å². The van der Waals surface area contributed by atoms with Gasteiger partial charge in [-0.25, -0.2) is 9.97 Å². The fraction of sp³-hybridized carbons (Fsp3) is 0.122. The minimum absolute atomic E-state index is 0.0979. The highest BCUT2D eigenvalue weighted by atomic mass is 32.1. The molecule has 0 saturated carbocycles. The minimum atomic E-state index is 0.0979. The second-order valence-electron chi connectivity index (χ2n) is 12.6. The molecule has 0 aliphatic heterocycles. The summed E-state index contributed by atoms with van der Waals surface area (Å²) in [5.41, 5.74) is 6.24. The fourth-order valence-electron chi connectivity index (χ4n) is 7.76. The Morgan fingerprint density at radius 3 is 2.47 bits per heavy atom. The van der Waals surface area contributed by atoms with Crippen molar-refractivity contribution in [2.24, 2.45) is 0 Å². The van der Waals surface area contributed by atoms with Crippen LogP contribution in [0.1, 0.15) is 48.6 Å². The molecule has 214 valence electrons. The average molecular weight is 596 g/mol. The Bertz CT molecular complexity index is 2690. The normalized spacial score (nSPS) is 17.5. The summed E-state index contributed by atoms with van der Waals surface area (Å²) >= 11 is 1.80. The second kappa shape index (κ2) is 9.47. The smallest absolute Gasteiger partial charge is 0.159 e. The number of benzene rings is 5. The summed E-state index contributed by atoms with van der Waals surface area (Å²) in [6.45, 7) is 2.35. The zero-order valence-corrected chi connectivity index (χ0v) is 25.7. The summed E-state index contributed by atoms with van der Waals surface area (Å²) < 4.78 is 4.76. The topological polar surface area (TPSA) is 30.7 Å². The molecule has 3 heterocycles. The standard InChI is InChI=1S/C41H29N3S/c1-24-9-8-12-25-17-18-28-21-29(19-20-30(28)37(24)25)40-42-38-32-14-5-7-16-36(32)45-39(38)41(43-40)44-34-15-6-4-13-31(34)33-22-26-10-2-3-11-27(26)23-35(33)44/h2-8,10-18,20-24,29H,9,19H2,1H3. The number of thiophene rings is 1. The Morgan fingerprint density at radius 2 is 1.56 bits per heavy atom. The molecule has 4 heteroatoms. The number of allylic oxidation sites excluding steroid dienone is 1. The van der Waals surface area contributed by atoms with Gasteiger partial charge in [0.1, 0.15) is 5.82 Å². The van der Waals surface area contributed by atoms with Gasteiger partial charge in [0.2, 0.25) is 0 Å². The molecule has 10 rings (SSSR count). The molecule has 3 aromatic heterocycles. The Morgan fingerprint density at radius 1 is 0.756 bits per heavy atom. The molecule has 0 spiro atoms. The van der Waals surface area contributed by atoms with E-state index in [9.17, 15) is 0 Å². The molecular weight excluding hydrogens is 567 g/mol. The first-order valence-electron chi connectivity index (χ1n) is 15.8. The molecule has 2 atom stereocenters. The van der Waals surface area contributed by atoms with Gasteiger partial charge in [-0.2, -0.15) is 0 Å². The Hall–Kier alpha value is -5.06. The summed E-state index contributed by atoms with van der Waals surface area (Å²) in [7, 11) is 0. The Labute approximate surface area is 264 Å². The van der Waals surface area contributed by atoms with Gasteiger partial charge in [0.05, 0.1) is 21.3 Å². The molecule has 2 aliphatic rings. The van der Waals surface area contributed by atoms with Crippen LogP contribution in [0.3, 0.4) is 0 Å². The number of nitrogens with zero attached hydrogens (tertiary/aromatic N) is 3. The van der Waals surface area contributed by atoms with E-state index in [2.05, 4.69) is 133 Å². The van der Waals surface area contributed by atoms with Gasteiger partial charge in [0.25, 0.3) is 0 Å². The van der Waals surface area contributed by atoms with E-state index in [0.717, 1.165) is 34.7 Å². The number of para-hydroxylation sites is 1. The Balaban J connectivity index is 1.28. The van der Waals surface area contributed by atoms with Crippen LogP contribution in [-0.2, 0) is 0 Å². The van der Waals surface area contributed by atoms with E-state index < -0.39 is 0 Å². The van der Waals surface area contributed by atoms with Crippen LogP contribution in [0.5, 0.6) is 0 Å². The highest BCUT2D eigenvalue weighted by molar-refractivity contribution is 7.26. The number of hydrogen-bond donors (Lipinski definition) is 0. The predicted octanol–water partition coefficient (Wildman–Crippen LogP) is 9.36. The average Bonchev–Trinajstić information content (AvgIpc) is 3.62. The van der Waals surface area contributed by atoms with E-state index in [-0.39, 0.29) is 5.92 Å². The lowest BCUT2D eigenvalue weighted by molar-refractivity contribution is 0.758. The van der Waals surface area contributed by atoms with Crippen LogP contribution in [0.25, 0.3) is 76.9 Å². The summed E-state index contributed by atoms with van der Waals surface area (Å²) in [6.07, 6.45) is 11.4. The van der Waals surface area contributed by atoms with E-state index in [1.165, 1.54) is 64.2 Å². The first kappa shape index (κ1) is 25.3. The lowest BCUT2D eigenvalue weighted by Gasteiger charge is -2.22. The molecule has 3 nitrogen and oxygen atoms in total. The van der Waals surface area contributed by atoms with Gasteiger partial charge in [-0.15, -0.1) is 11.3 Å². The van der Waals surface area contributed by atoms with Crippen molar-refractivity contribution < 1.29 is 0 Å². The minimum Gasteiger partial charge on any atom is -0.292 e. The second-order valence-corrected chi connectivity index (χ2v) is 13.6. The molecule has 0 bridgehead atoms. The van der Waals surface area contributed by atoms with Crippen molar-refractivity contribution in [1.29, 1.82) is 0 Å². The monoisotopic (exact) mass is 595 g/mol. The molecule has 45 heavy (non-hydrogen) atoms. The summed E-state index contributed by atoms with van der Waals surface area (Å²) in [5.74, 6) is 2.49. The van der Waals surface area contributed by atoms with Crippen LogP contribution in [-0.4, -0.2) is 14.5 Å². The number of hydrogen-bond acceptors (Lipinski definition) is 3. The molecule has 0 saturated heterocycles. The zero-order valence-electron chi connectivity index (χ0n) is 24.9. The number of rotatable bonds is 2. The first-order valence-corrected chi connectivity index (χ1v) is 16.7. The largest absolute Gasteiger partial charge is 0.292 e. The van der Waals surface area contributed by atoms with E-state index in [1.54, 1.807) is 11.3 Å². The zero-order chi connectivity index (χ0) is 29.6. The highest BCUT2D eigenvalue weighted by Gasteiger charge is 2.24. The van der Waals surface area contributed by atoms with Gasteiger partial charge in [0.15, 0.2) is 5.82 Å². The lowest BCUT2D eigenvalue weighted by atomic mass is 9.84. The molecule has 0 radical (unpaired) electrons. The molecule has 0 N–H and O–H groups in total. The van der Waals surface area contributed by atoms with Crippen molar-refractivity contribution in [3.8, 4) is 5.82 Å². The van der Waals surface area contributed by atoms with E-state index in [1.807, 2.05) is 0 Å². The van der Waals surface area contributed by atoms with E-state index in [0.29, 0.717) is 5.92 Å². The van der Waals surface area contributed by atoms with Gasteiger partial charge >= 0.3 is 0 Å². The van der Waals surface area contributed by atoms with Crippen molar-refractivity contribution in [3.05, 3.63) is 131 Å². The third kappa shape index (κ3) is 3.69. The lowest BCUT2D eigenvalue weighted by Crippen LogP contribution is -2.34. The van der Waals surface area contributed by atoms with Gasteiger partial charge in [-0.1, -0.05) is 104 Å². The molecule has 2 unspecified atom stereocenters. The van der Waals surface area contributed by atoms with Gasteiger partial charge < -0.3 is 0 Å². The summed E-state index contributed by atoms with van der Waals surface area (Å²) in [5, 5.41) is 8.87. The van der Waals surface area contributed by atoms with Gasteiger partial charge in [-0.05, 0) is 75.4 Å². The Kier molecular flexibility index (Phi) is 5.32. The maximum Gasteiger partial charge on any atom is 0.159 e. The maximum absolute atomic E-state index is 5.52. The van der Waals surface area contributed by atoms with Crippen LogP contribution in [0.2, 0.25) is 0 Å². The predicted molar refractivity (Wildman–Crippen MR) is 191 cm³/mol. The van der Waals surface area contributed by atoms with Crippen molar-refractivity contribution in [1.82, 2.24) is 14.5 Å². The highest BCUT2D eigenvalue weighted by Crippen LogP contribution is 2.41. The van der Waals surface area contributed by atoms with Crippen molar-refractivity contribution in [3.63, 3.8) is 0 Å². The van der Waals surface area contributed by atoms with Crippen LogP contribution in [0.4, 0.5) is 0 Å². The van der Waals surface area contributed by atoms with Crippen molar-refractivity contribution in [2.75, 3.05) is 0 Å². The molecule has 5 aromatic carbocycles. The van der Waals surface area contributed by atoms with Crippen molar-refractivity contribution in [2.45, 2.75) is 31.6 Å².